The summed E-state index contributed by atoms with van der Waals surface area (Å²) in [5.74, 6) is 0. The highest BCUT2D eigenvalue weighted by molar-refractivity contribution is 5.17. The standard InChI is InChI=1S/C18H27NO2/c20-18(15-7-2-1-3-8-15)14-19(16-9-4-5-10-16)13-17-11-6-12-21-17/h1-3,7-8,16-18,20H,4-6,9-14H2. The molecule has 21 heavy (non-hydrogen) atoms. The van der Waals surface area contributed by atoms with Crippen molar-refractivity contribution >= 4 is 0 Å². The molecular weight excluding hydrogens is 262 g/mol. The van der Waals surface area contributed by atoms with E-state index in [1.54, 1.807) is 0 Å². The number of ether oxygens (including phenoxy) is 1. The Hall–Kier alpha value is -0.900. The predicted octanol–water partition coefficient (Wildman–Crippen LogP) is 3.14. The summed E-state index contributed by atoms with van der Waals surface area (Å²) in [4.78, 5) is 2.49. The summed E-state index contributed by atoms with van der Waals surface area (Å²) in [7, 11) is 0. The highest BCUT2D eigenvalue weighted by Crippen LogP contribution is 2.27. The fourth-order valence-electron chi connectivity index (χ4n) is 3.69. The summed E-state index contributed by atoms with van der Waals surface area (Å²) >= 11 is 0. The molecule has 0 radical (unpaired) electrons. The van der Waals surface area contributed by atoms with Crippen molar-refractivity contribution in [1.29, 1.82) is 0 Å². The Morgan fingerprint density at radius 3 is 2.52 bits per heavy atom. The van der Waals surface area contributed by atoms with Gasteiger partial charge in [0.2, 0.25) is 0 Å². The van der Waals surface area contributed by atoms with E-state index in [9.17, 15) is 5.11 Å². The fourth-order valence-corrected chi connectivity index (χ4v) is 3.69. The molecule has 1 saturated heterocycles. The van der Waals surface area contributed by atoms with Crippen molar-refractivity contribution in [3.63, 3.8) is 0 Å². The van der Waals surface area contributed by atoms with Crippen LogP contribution in [0.25, 0.3) is 0 Å². The van der Waals surface area contributed by atoms with Gasteiger partial charge >= 0.3 is 0 Å². The van der Waals surface area contributed by atoms with Crippen molar-refractivity contribution in [1.82, 2.24) is 4.90 Å². The van der Waals surface area contributed by atoms with E-state index in [2.05, 4.69) is 4.90 Å². The zero-order valence-corrected chi connectivity index (χ0v) is 12.8. The van der Waals surface area contributed by atoms with E-state index in [4.69, 9.17) is 4.74 Å². The van der Waals surface area contributed by atoms with Gasteiger partial charge in [0.15, 0.2) is 0 Å². The van der Waals surface area contributed by atoms with Crippen LogP contribution < -0.4 is 0 Å². The van der Waals surface area contributed by atoms with Crippen LogP contribution in [0.3, 0.4) is 0 Å². The van der Waals surface area contributed by atoms with Crippen LogP contribution >= 0.6 is 0 Å². The van der Waals surface area contributed by atoms with Gasteiger partial charge < -0.3 is 9.84 Å². The molecule has 0 bridgehead atoms. The molecule has 1 aliphatic carbocycles. The molecule has 2 unspecified atom stereocenters. The van der Waals surface area contributed by atoms with Crippen molar-refractivity contribution in [3.8, 4) is 0 Å². The number of hydrogen-bond donors (Lipinski definition) is 1. The first-order valence-corrected chi connectivity index (χ1v) is 8.41. The second kappa shape index (κ2) is 7.39. The van der Waals surface area contributed by atoms with Crippen LogP contribution in [0.1, 0.15) is 50.2 Å². The summed E-state index contributed by atoms with van der Waals surface area (Å²) in [5, 5.41) is 10.5. The summed E-state index contributed by atoms with van der Waals surface area (Å²) in [6, 6.07) is 10.7. The summed E-state index contributed by atoms with van der Waals surface area (Å²) in [6.07, 6.45) is 7.53. The highest BCUT2D eigenvalue weighted by Gasteiger charge is 2.28. The smallest absolute Gasteiger partial charge is 0.0917 e. The Bertz CT molecular complexity index is 410. The molecule has 1 heterocycles. The Morgan fingerprint density at radius 1 is 1.10 bits per heavy atom. The molecule has 2 atom stereocenters. The minimum Gasteiger partial charge on any atom is -0.387 e. The van der Waals surface area contributed by atoms with E-state index in [0.717, 1.165) is 25.3 Å². The largest absolute Gasteiger partial charge is 0.387 e. The van der Waals surface area contributed by atoms with Crippen LogP contribution in [-0.4, -0.2) is 41.8 Å². The van der Waals surface area contributed by atoms with Gasteiger partial charge in [-0.25, -0.2) is 0 Å². The third-order valence-corrected chi connectivity index (χ3v) is 4.90. The normalized spacial score (nSPS) is 24.8. The van der Waals surface area contributed by atoms with Gasteiger partial charge in [-0.2, -0.15) is 0 Å². The van der Waals surface area contributed by atoms with Crippen LogP contribution in [-0.2, 0) is 4.74 Å². The molecule has 0 amide bonds. The molecule has 3 rings (SSSR count). The summed E-state index contributed by atoms with van der Waals surface area (Å²) in [6.45, 7) is 2.62. The fraction of sp³-hybridized carbons (Fsp3) is 0.667. The number of nitrogens with zero attached hydrogens (tertiary/aromatic N) is 1. The molecule has 0 aromatic heterocycles. The van der Waals surface area contributed by atoms with E-state index in [1.165, 1.54) is 38.5 Å². The lowest BCUT2D eigenvalue weighted by Gasteiger charge is -2.32. The van der Waals surface area contributed by atoms with Gasteiger partial charge in [0, 0.05) is 25.7 Å². The molecule has 2 fully saturated rings. The van der Waals surface area contributed by atoms with E-state index < -0.39 is 6.10 Å². The second-order valence-corrected chi connectivity index (χ2v) is 6.45. The van der Waals surface area contributed by atoms with Gasteiger partial charge in [-0.3, -0.25) is 4.90 Å². The van der Waals surface area contributed by atoms with Crippen molar-refractivity contribution in [3.05, 3.63) is 35.9 Å². The zero-order chi connectivity index (χ0) is 14.5. The molecule has 1 aromatic rings. The molecule has 3 heteroatoms. The molecule has 3 nitrogen and oxygen atoms in total. The lowest BCUT2D eigenvalue weighted by Crippen LogP contribution is -2.41. The molecule has 1 aromatic carbocycles. The quantitative estimate of drug-likeness (QED) is 0.873. The van der Waals surface area contributed by atoms with E-state index in [0.29, 0.717) is 12.1 Å². The van der Waals surface area contributed by atoms with Crippen LogP contribution in [0.5, 0.6) is 0 Å². The number of aliphatic hydroxyl groups is 1. The number of hydrogen-bond acceptors (Lipinski definition) is 3. The Balaban J connectivity index is 1.63. The minimum atomic E-state index is -0.395. The highest BCUT2D eigenvalue weighted by atomic mass is 16.5. The molecule has 0 spiro atoms. The number of rotatable bonds is 6. The predicted molar refractivity (Wildman–Crippen MR) is 84.2 cm³/mol. The average Bonchev–Trinajstić information content (AvgIpc) is 3.21. The number of aliphatic hydroxyl groups excluding tert-OH is 1. The van der Waals surface area contributed by atoms with Crippen molar-refractivity contribution in [2.24, 2.45) is 0 Å². The average molecular weight is 289 g/mol. The van der Waals surface area contributed by atoms with Crippen molar-refractivity contribution < 1.29 is 9.84 Å². The van der Waals surface area contributed by atoms with E-state index in [1.807, 2.05) is 30.3 Å². The van der Waals surface area contributed by atoms with E-state index in [-0.39, 0.29) is 0 Å². The lowest BCUT2D eigenvalue weighted by molar-refractivity contribution is 0.0308. The molecule has 1 saturated carbocycles. The zero-order valence-electron chi connectivity index (χ0n) is 12.8. The Kier molecular flexibility index (Phi) is 5.28. The third-order valence-electron chi connectivity index (χ3n) is 4.90. The van der Waals surface area contributed by atoms with Gasteiger partial charge in [-0.15, -0.1) is 0 Å². The van der Waals surface area contributed by atoms with Crippen molar-refractivity contribution in [2.45, 2.75) is 56.8 Å². The summed E-state index contributed by atoms with van der Waals surface area (Å²) in [5.41, 5.74) is 1.02. The monoisotopic (exact) mass is 289 g/mol. The van der Waals surface area contributed by atoms with Crippen LogP contribution in [0.2, 0.25) is 0 Å². The molecule has 116 valence electrons. The third kappa shape index (κ3) is 4.06. The first-order chi connectivity index (χ1) is 10.3. The van der Waals surface area contributed by atoms with Gasteiger partial charge in [-0.05, 0) is 31.2 Å². The second-order valence-electron chi connectivity index (χ2n) is 6.45. The van der Waals surface area contributed by atoms with Gasteiger partial charge in [0.25, 0.3) is 0 Å². The molecule has 1 aliphatic heterocycles. The minimum absolute atomic E-state index is 0.369. The van der Waals surface area contributed by atoms with Crippen LogP contribution in [0.15, 0.2) is 30.3 Å². The summed E-state index contributed by atoms with van der Waals surface area (Å²) < 4.78 is 5.81. The first-order valence-electron chi connectivity index (χ1n) is 8.41. The topological polar surface area (TPSA) is 32.7 Å². The van der Waals surface area contributed by atoms with Crippen molar-refractivity contribution in [2.75, 3.05) is 19.7 Å². The number of benzene rings is 1. The maximum absolute atomic E-state index is 10.5. The maximum Gasteiger partial charge on any atom is 0.0917 e. The maximum atomic E-state index is 10.5. The Morgan fingerprint density at radius 2 is 1.86 bits per heavy atom. The van der Waals surface area contributed by atoms with Gasteiger partial charge in [0.05, 0.1) is 12.2 Å². The van der Waals surface area contributed by atoms with Crippen LogP contribution in [0.4, 0.5) is 0 Å². The first kappa shape index (κ1) is 15.0. The van der Waals surface area contributed by atoms with Crippen LogP contribution in [0, 0.1) is 0 Å². The van der Waals surface area contributed by atoms with Gasteiger partial charge in [0.1, 0.15) is 0 Å². The molecule has 2 aliphatic rings. The van der Waals surface area contributed by atoms with Gasteiger partial charge in [-0.1, -0.05) is 43.2 Å². The van der Waals surface area contributed by atoms with E-state index >= 15 is 0 Å². The Labute approximate surface area is 127 Å². The molecule has 1 N–H and O–H groups in total. The lowest BCUT2D eigenvalue weighted by atomic mass is 10.1. The SMILES string of the molecule is OC(CN(CC1CCCO1)C1CCCC1)c1ccccc1. The molecular formula is C18H27NO2.